The lowest BCUT2D eigenvalue weighted by Gasteiger charge is -2.37. The summed E-state index contributed by atoms with van der Waals surface area (Å²) in [6, 6.07) is 6.94. The average molecular weight is 278 g/mol. The first-order valence-corrected chi connectivity index (χ1v) is 6.36. The zero-order valence-electron chi connectivity index (χ0n) is 11.7. The summed E-state index contributed by atoms with van der Waals surface area (Å²) in [6.45, 7) is 3.50. The molecular formula is C14H18N2O4. The molecule has 1 aliphatic rings. The molecule has 0 saturated heterocycles. The monoisotopic (exact) mass is 278 g/mol. The third-order valence-corrected chi connectivity index (χ3v) is 3.45. The summed E-state index contributed by atoms with van der Waals surface area (Å²) >= 11 is 0. The maximum Gasteiger partial charge on any atom is 0.346 e. The van der Waals surface area contributed by atoms with E-state index in [-0.39, 0.29) is 12.5 Å². The number of carboxylic acids is 1. The second-order valence-electron chi connectivity index (χ2n) is 5.20. The number of hydrogen-bond acceptors (Lipinski definition) is 4. The highest BCUT2D eigenvalue weighted by Gasteiger charge is 2.38. The van der Waals surface area contributed by atoms with Crippen LogP contribution in [0.2, 0.25) is 0 Å². The number of fused-ring (bicyclic) bond motifs is 1. The highest BCUT2D eigenvalue weighted by Crippen LogP contribution is 2.34. The number of anilines is 1. The molecular weight excluding hydrogens is 260 g/mol. The van der Waals surface area contributed by atoms with Crippen molar-refractivity contribution in [2.75, 3.05) is 18.5 Å². The third kappa shape index (κ3) is 2.46. The second kappa shape index (κ2) is 5.13. The lowest BCUT2D eigenvalue weighted by molar-refractivity contribution is -0.145. The highest BCUT2D eigenvalue weighted by molar-refractivity contribution is 6.02. The molecule has 0 saturated carbocycles. The number of ether oxygens (including phenoxy) is 1. The van der Waals surface area contributed by atoms with Crippen molar-refractivity contribution in [1.82, 2.24) is 5.32 Å². The van der Waals surface area contributed by atoms with E-state index in [1.165, 1.54) is 4.90 Å². The molecule has 108 valence electrons. The Kier molecular flexibility index (Phi) is 3.67. The Balaban J connectivity index is 2.41. The van der Waals surface area contributed by atoms with Crippen molar-refractivity contribution in [1.29, 1.82) is 0 Å². The first kappa shape index (κ1) is 14.3. The van der Waals surface area contributed by atoms with Crippen LogP contribution in [0.1, 0.15) is 13.8 Å². The molecule has 0 aliphatic carbocycles. The van der Waals surface area contributed by atoms with Crippen molar-refractivity contribution in [2.24, 2.45) is 0 Å². The number of carbonyl (C=O) groups excluding carboxylic acids is 1. The maximum absolute atomic E-state index is 12.6. The molecule has 0 radical (unpaired) electrons. The minimum Gasteiger partial charge on any atom is -0.478 e. The van der Waals surface area contributed by atoms with Gasteiger partial charge in [0.15, 0.2) is 0 Å². The van der Waals surface area contributed by atoms with Crippen molar-refractivity contribution in [3.05, 3.63) is 24.3 Å². The van der Waals surface area contributed by atoms with Crippen molar-refractivity contribution in [3.8, 4) is 5.75 Å². The number of carboxylic acid groups (broad SMARTS) is 1. The summed E-state index contributed by atoms with van der Waals surface area (Å²) in [4.78, 5) is 25.2. The van der Waals surface area contributed by atoms with Crippen LogP contribution in [0, 0.1) is 0 Å². The Morgan fingerprint density at radius 1 is 1.40 bits per heavy atom. The number of amides is 1. The fourth-order valence-corrected chi connectivity index (χ4v) is 2.00. The van der Waals surface area contributed by atoms with Crippen LogP contribution in [-0.4, -0.2) is 42.2 Å². The largest absolute Gasteiger partial charge is 0.478 e. The number of hydrogen-bond donors (Lipinski definition) is 2. The molecule has 2 N–H and O–H groups in total. The first-order chi connectivity index (χ1) is 9.36. The summed E-state index contributed by atoms with van der Waals surface area (Å²) in [5.74, 6) is -0.868. The Morgan fingerprint density at radius 3 is 2.65 bits per heavy atom. The lowest BCUT2D eigenvalue weighted by atomic mass is 10.0. The predicted octanol–water partition coefficient (Wildman–Crippen LogP) is 0.863. The zero-order valence-corrected chi connectivity index (χ0v) is 11.7. The summed E-state index contributed by atoms with van der Waals surface area (Å²) in [7, 11) is 1.69. The van der Waals surface area contributed by atoms with Crippen molar-refractivity contribution in [2.45, 2.75) is 25.5 Å². The van der Waals surface area contributed by atoms with E-state index in [1.807, 2.05) is 0 Å². The van der Waals surface area contributed by atoms with Gasteiger partial charge in [0.25, 0.3) is 0 Å². The highest BCUT2D eigenvalue weighted by atomic mass is 16.5. The van der Waals surface area contributed by atoms with Gasteiger partial charge in [0.2, 0.25) is 12.0 Å². The molecule has 1 amide bonds. The number of aliphatic carboxylic acids is 1. The first-order valence-electron chi connectivity index (χ1n) is 6.36. The van der Waals surface area contributed by atoms with Crippen LogP contribution in [0.3, 0.4) is 0 Å². The van der Waals surface area contributed by atoms with Gasteiger partial charge in [-0.05, 0) is 33.0 Å². The molecule has 0 spiro atoms. The van der Waals surface area contributed by atoms with Gasteiger partial charge < -0.3 is 20.1 Å². The molecule has 1 atom stereocenters. The number of benzene rings is 1. The molecule has 1 aromatic rings. The summed E-state index contributed by atoms with van der Waals surface area (Å²) < 4.78 is 5.41. The zero-order chi connectivity index (χ0) is 14.9. The maximum atomic E-state index is 12.6. The second-order valence-corrected chi connectivity index (χ2v) is 5.20. The van der Waals surface area contributed by atoms with Crippen LogP contribution in [0.15, 0.2) is 24.3 Å². The Hall–Kier alpha value is -2.08. The number of rotatable bonds is 3. The van der Waals surface area contributed by atoms with E-state index < -0.39 is 17.6 Å². The van der Waals surface area contributed by atoms with Gasteiger partial charge in [-0.1, -0.05) is 12.1 Å². The third-order valence-electron chi connectivity index (χ3n) is 3.45. The van der Waals surface area contributed by atoms with Gasteiger partial charge in [-0.2, -0.15) is 0 Å². The fraction of sp³-hybridized carbons (Fsp3) is 0.429. The number of para-hydroxylation sites is 2. The smallest absolute Gasteiger partial charge is 0.346 e. The summed E-state index contributed by atoms with van der Waals surface area (Å²) in [6.07, 6.45) is -1.05. The van der Waals surface area contributed by atoms with E-state index in [1.54, 1.807) is 45.2 Å². The fourth-order valence-electron chi connectivity index (χ4n) is 2.00. The van der Waals surface area contributed by atoms with Crippen molar-refractivity contribution >= 4 is 17.6 Å². The Morgan fingerprint density at radius 2 is 2.05 bits per heavy atom. The molecule has 6 heteroatoms. The van der Waals surface area contributed by atoms with Gasteiger partial charge in [0.05, 0.1) is 17.8 Å². The Bertz CT molecular complexity index is 542. The van der Waals surface area contributed by atoms with Gasteiger partial charge in [-0.25, -0.2) is 4.79 Å². The number of nitrogens with zero attached hydrogens (tertiary/aromatic N) is 1. The molecule has 1 aromatic carbocycles. The molecule has 1 heterocycles. The minimum atomic E-state index is -1.08. The minimum absolute atomic E-state index is 0.00368. The van der Waals surface area contributed by atoms with E-state index in [4.69, 9.17) is 9.84 Å². The van der Waals surface area contributed by atoms with Gasteiger partial charge in [-0.3, -0.25) is 4.79 Å². The Labute approximate surface area is 117 Å². The van der Waals surface area contributed by atoms with Crippen LogP contribution in [0.5, 0.6) is 5.75 Å². The van der Waals surface area contributed by atoms with Crippen LogP contribution in [0.4, 0.5) is 5.69 Å². The predicted molar refractivity (Wildman–Crippen MR) is 74.0 cm³/mol. The van der Waals surface area contributed by atoms with Gasteiger partial charge in [-0.15, -0.1) is 0 Å². The molecule has 0 fully saturated rings. The molecule has 0 aromatic heterocycles. The van der Waals surface area contributed by atoms with Crippen LogP contribution in [-0.2, 0) is 9.59 Å². The summed E-state index contributed by atoms with van der Waals surface area (Å²) in [5, 5.41) is 12.1. The van der Waals surface area contributed by atoms with Crippen LogP contribution in [0.25, 0.3) is 0 Å². The number of nitrogens with one attached hydrogen (secondary N) is 1. The van der Waals surface area contributed by atoms with E-state index in [0.29, 0.717) is 11.4 Å². The number of carbonyl (C=O) groups is 2. The summed E-state index contributed by atoms with van der Waals surface area (Å²) in [5.41, 5.74) is -0.189. The molecule has 2 rings (SSSR count). The van der Waals surface area contributed by atoms with Gasteiger partial charge >= 0.3 is 5.97 Å². The lowest BCUT2D eigenvalue weighted by Crippen LogP contribution is -2.57. The normalized spacial score (nSPS) is 18.1. The van der Waals surface area contributed by atoms with Gasteiger partial charge in [0.1, 0.15) is 5.75 Å². The molecule has 20 heavy (non-hydrogen) atoms. The van der Waals surface area contributed by atoms with Crippen LogP contribution >= 0.6 is 0 Å². The molecule has 0 bridgehead atoms. The van der Waals surface area contributed by atoms with E-state index in [0.717, 1.165) is 0 Å². The topological polar surface area (TPSA) is 78.9 Å². The van der Waals surface area contributed by atoms with E-state index in [2.05, 4.69) is 5.32 Å². The van der Waals surface area contributed by atoms with Crippen molar-refractivity contribution in [3.63, 3.8) is 0 Å². The van der Waals surface area contributed by atoms with Crippen LogP contribution < -0.4 is 15.0 Å². The quantitative estimate of drug-likeness (QED) is 0.857. The SMILES string of the molecule is CNC(C)(C)C(=O)N1CC(C(=O)O)Oc2ccccc21. The molecule has 6 nitrogen and oxygen atoms in total. The standard InChI is InChI=1S/C14H18N2O4/c1-14(2,15-3)13(19)16-8-11(12(17)18)20-10-7-5-4-6-9(10)16/h4-7,11,15H,8H2,1-3H3,(H,17,18). The van der Waals surface area contributed by atoms with E-state index in [9.17, 15) is 9.59 Å². The molecule has 1 aliphatic heterocycles. The van der Waals surface area contributed by atoms with E-state index >= 15 is 0 Å². The van der Waals surface area contributed by atoms with Crippen molar-refractivity contribution < 1.29 is 19.4 Å². The van der Waals surface area contributed by atoms with Gasteiger partial charge in [0, 0.05) is 0 Å². The average Bonchev–Trinajstić information content (AvgIpc) is 2.45. The number of likely N-dealkylation sites (N-methyl/N-ethyl adjacent to an activating group) is 1. The molecule has 1 unspecified atom stereocenters.